The van der Waals surface area contributed by atoms with Crippen molar-refractivity contribution < 1.29 is 9.90 Å². The van der Waals surface area contributed by atoms with Crippen LogP contribution in [0.5, 0.6) is 0 Å². The molecule has 2 aromatic rings. The highest BCUT2D eigenvalue weighted by atomic mass is 16.4. The molecule has 2 rings (SSSR count). The summed E-state index contributed by atoms with van der Waals surface area (Å²) in [6.07, 6.45) is 2.00. The number of hydrogen-bond acceptors (Lipinski definition) is 2. The van der Waals surface area contributed by atoms with Crippen molar-refractivity contribution in [3.05, 3.63) is 46.8 Å². The first-order chi connectivity index (χ1) is 8.50. The van der Waals surface area contributed by atoms with E-state index in [1.165, 1.54) is 6.07 Å². The van der Waals surface area contributed by atoms with Crippen molar-refractivity contribution in [3.8, 4) is 0 Å². The fourth-order valence-electron chi connectivity index (χ4n) is 2.06. The summed E-state index contributed by atoms with van der Waals surface area (Å²) in [5.41, 5.74) is -0.490. The fraction of sp³-hybridized carbons (Fsp3) is 0.286. The number of rotatable bonds is 3. The molecule has 0 spiro atoms. The summed E-state index contributed by atoms with van der Waals surface area (Å²) in [6, 6.07) is 8.48. The lowest BCUT2D eigenvalue weighted by molar-refractivity contribution is -0.146. The van der Waals surface area contributed by atoms with Gasteiger partial charge in [-0.25, -0.2) is 4.79 Å². The predicted molar refractivity (Wildman–Crippen MR) is 69.8 cm³/mol. The van der Waals surface area contributed by atoms with E-state index < -0.39 is 11.5 Å². The molecule has 1 N–H and O–H groups in total. The van der Waals surface area contributed by atoms with Crippen molar-refractivity contribution >= 4 is 16.9 Å². The molecule has 0 saturated carbocycles. The molecule has 0 fully saturated rings. The summed E-state index contributed by atoms with van der Waals surface area (Å²) >= 11 is 0. The first-order valence-corrected chi connectivity index (χ1v) is 5.85. The minimum absolute atomic E-state index is 0.0920. The van der Waals surface area contributed by atoms with Crippen LogP contribution >= 0.6 is 0 Å². The van der Waals surface area contributed by atoms with Crippen LogP contribution in [0.25, 0.3) is 10.9 Å². The number of para-hydroxylation sites is 1. The van der Waals surface area contributed by atoms with Gasteiger partial charge in [-0.1, -0.05) is 19.1 Å². The van der Waals surface area contributed by atoms with Gasteiger partial charge in [0.2, 0.25) is 0 Å². The van der Waals surface area contributed by atoms with Gasteiger partial charge in [0.1, 0.15) is 5.54 Å². The molecule has 0 amide bonds. The molecule has 0 aliphatic rings. The standard InChI is InChI=1S/C14H15NO3/c1-3-14(2,13(17)18)15-9-8-12(16)10-6-4-5-7-11(10)15/h4-9H,3H2,1-2H3,(H,17,18). The van der Waals surface area contributed by atoms with Crippen LogP contribution < -0.4 is 5.43 Å². The SMILES string of the molecule is CCC(C)(C(=O)O)n1ccc(=O)c2ccccc21. The summed E-state index contributed by atoms with van der Waals surface area (Å²) in [7, 11) is 0. The molecular weight excluding hydrogens is 230 g/mol. The Kier molecular flexibility index (Phi) is 2.95. The number of hydrogen-bond donors (Lipinski definition) is 1. The van der Waals surface area contributed by atoms with Gasteiger partial charge in [0.15, 0.2) is 5.43 Å². The van der Waals surface area contributed by atoms with Crippen molar-refractivity contribution in [1.29, 1.82) is 0 Å². The van der Waals surface area contributed by atoms with Crippen LogP contribution in [0, 0.1) is 0 Å². The third kappa shape index (κ3) is 1.70. The second-order valence-corrected chi connectivity index (χ2v) is 4.50. The number of benzene rings is 1. The largest absolute Gasteiger partial charge is 0.479 e. The monoisotopic (exact) mass is 245 g/mol. The van der Waals surface area contributed by atoms with Crippen LogP contribution in [-0.4, -0.2) is 15.6 Å². The topological polar surface area (TPSA) is 59.3 Å². The van der Waals surface area contributed by atoms with Crippen LogP contribution in [0.4, 0.5) is 0 Å². The highest BCUT2D eigenvalue weighted by molar-refractivity contribution is 5.83. The minimum atomic E-state index is -1.05. The number of pyridine rings is 1. The zero-order valence-electron chi connectivity index (χ0n) is 10.4. The molecule has 1 aromatic carbocycles. The molecule has 4 nitrogen and oxygen atoms in total. The third-order valence-corrected chi connectivity index (χ3v) is 3.48. The van der Waals surface area contributed by atoms with Crippen molar-refractivity contribution in [2.24, 2.45) is 0 Å². The smallest absolute Gasteiger partial charge is 0.329 e. The van der Waals surface area contributed by atoms with Gasteiger partial charge in [-0.3, -0.25) is 4.79 Å². The number of carboxylic acids is 1. The molecule has 0 aliphatic carbocycles. The molecule has 0 radical (unpaired) electrons. The van der Waals surface area contributed by atoms with E-state index >= 15 is 0 Å². The van der Waals surface area contributed by atoms with E-state index in [-0.39, 0.29) is 5.43 Å². The second-order valence-electron chi connectivity index (χ2n) is 4.50. The normalized spacial score (nSPS) is 14.3. The lowest BCUT2D eigenvalue weighted by Crippen LogP contribution is -2.38. The summed E-state index contributed by atoms with van der Waals surface area (Å²) in [5.74, 6) is -0.904. The van der Waals surface area contributed by atoms with Crippen molar-refractivity contribution in [2.45, 2.75) is 25.8 Å². The van der Waals surface area contributed by atoms with Crippen molar-refractivity contribution in [3.63, 3.8) is 0 Å². The number of nitrogens with zero attached hydrogens (tertiary/aromatic N) is 1. The van der Waals surface area contributed by atoms with Crippen LogP contribution in [0.2, 0.25) is 0 Å². The molecule has 4 heteroatoms. The second kappa shape index (κ2) is 4.29. The summed E-state index contributed by atoms with van der Waals surface area (Å²) < 4.78 is 1.66. The molecule has 1 aromatic heterocycles. The van der Waals surface area contributed by atoms with Crippen LogP contribution in [0.1, 0.15) is 20.3 Å². The minimum Gasteiger partial charge on any atom is -0.479 e. The van der Waals surface area contributed by atoms with Gasteiger partial charge < -0.3 is 9.67 Å². The van der Waals surface area contributed by atoms with Crippen LogP contribution in [0.15, 0.2) is 41.3 Å². The Hall–Kier alpha value is -2.10. The molecule has 0 saturated heterocycles. The Bertz CT molecular complexity index is 659. The maximum absolute atomic E-state index is 11.8. The molecule has 1 heterocycles. The van der Waals surface area contributed by atoms with E-state index in [4.69, 9.17) is 0 Å². The Balaban J connectivity index is 2.84. The van der Waals surface area contributed by atoms with E-state index in [1.807, 2.05) is 6.92 Å². The van der Waals surface area contributed by atoms with Gasteiger partial charge in [0.05, 0.1) is 5.52 Å². The van der Waals surface area contributed by atoms with E-state index in [1.54, 1.807) is 42.0 Å². The van der Waals surface area contributed by atoms with E-state index in [0.29, 0.717) is 17.3 Å². The molecule has 1 atom stereocenters. The molecule has 0 bridgehead atoms. The number of carbonyl (C=O) groups is 1. The Morgan fingerprint density at radius 1 is 1.33 bits per heavy atom. The predicted octanol–water partition coefficient (Wildman–Crippen LogP) is 2.21. The van der Waals surface area contributed by atoms with Gasteiger partial charge in [0.25, 0.3) is 0 Å². The first kappa shape index (κ1) is 12.4. The van der Waals surface area contributed by atoms with Gasteiger partial charge in [-0.2, -0.15) is 0 Å². The quantitative estimate of drug-likeness (QED) is 0.901. The maximum atomic E-state index is 11.8. The van der Waals surface area contributed by atoms with Gasteiger partial charge in [-0.15, -0.1) is 0 Å². The van der Waals surface area contributed by atoms with E-state index in [2.05, 4.69) is 0 Å². The summed E-state index contributed by atoms with van der Waals surface area (Å²) in [5, 5.41) is 9.96. The molecule has 1 unspecified atom stereocenters. The lowest BCUT2D eigenvalue weighted by atomic mass is 9.97. The zero-order valence-corrected chi connectivity index (χ0v) is 10.4. The lowest BCUT2D eigenvalue weighted by Gasteiger charge is -2.28. The van der Waals surface area contributed by atoms with Gasteiger partial charge in [-0.05, 0) is 25.5 Å². The summed E-state index contributed by atoms with van der Waals surface area (Å²) in [6.45, 7) is 3.48. The molecule has 0 aliphatic heterocycles. The molecular formula is C14H15NO3. The number of aromatic nitrogens is 1. The molecule has 94 valence electrons. The average Bonchev–Trinajstić information content (AvgIpc) is 2.38. The average molecular weight is 245 g/mol. The van der Waals surface area contributed by atoms with Crippen molar-refractivity contribution in [1.82, 2.24) is 4.57 Å². The number of fused-ring (bicyclic) bond motifs is 1. The van der Waals surface area contributed by atoms with E-state index in [9.17, 15) is 14.7 Å². The highest BCUT2D eigenvalue weighted by Gasteiger charge is 2.33. The van der Waals surface area contributed by atoms with E-state index in [0.717, 1.165) is 0 Å². The Morgan fingerprint density at radius 2 is 2.00 bits per heavy atom. The fourth-order valence-corrected chi connectivity index (χ4v) is 2.06. The Labute approximate surface area is 104 Å². The maximum Gasteiger partial charge on any atom is 0.329 e. The Morgan fingerprint density at radius 3 is 2.61 bits per heavy atom. The number of aliphatic carboxylic acids is 1. The van der Waals surface area contributed by atoms with Crippen molar-refractivity contribution in [2.75, 3.05) is 0 Å². The van der Waals surface area contributed by atoms with Gasteiger partial charge >= 0.3 is 5.97 Å². The molecule has 18 heavy (non-hydrogen) atoms. The van der Waals surface area contributed by atoms with Gasteiger partial charge in [0, 0.05) is 17.6 Å². The first-order valence-electron chi connectivity index (χ1n) is 5.85. The zero-order chi connectivity index (χ0) is 13.3. The highest BCUT2D eigenvalue weighted by Crippen LogP contribution is 2.24. The third-order valence-electron chi connectivity index (χ3n) is 3.48. The number of carboxylic acid groups (broad SMARTS) is 1. The van der Waals surface area contributed by atoms with Crippen LogP contribution in [0.3, 0.4) is 0 Å². The summed E-state index contributed by atoms with van der Waals surface area (Å²) in [4.78, 5) is 23.2. The van der Waals surface area contributed by atoms with Crippen LogP contribution in [-0.2, 0) is 10.3 Å².